The Kier molecular flexibility index (Phi) is 3.21. The number of hydrogen-bond acceptors (Lipinski definition) is 2. The van der Waals surface area contributed by atoms with Crippen molar-refractivity contribution in [1.82, 2.24) is 0 Å². The first kappa shape index (κ1) is 14.1. The number of amides is 1. The van der Waals surface area contributed by atoms with Crippen LogP contribution in [0.15, 0.2) is 24.3 Å². The van der Waals surface area contributed by atoms with Crippen LogP contribution in [-0.4, -0.2) is 13.0 Å². The summed E-state index contributed by atoms with van der Waals surface area (Å²) >= 11 is 0. The second kappa shape index (κ2) is 4.34. The minimum atomic E-state index is 0.0789. The van der Waals surface area contributed by atoms with Crippen molar-refractivity contribution in [2.24, 2.45) is 22.5 Å². The van der Waals surface area contributed by atoms with Crippen LogP contribution < -0.4 is 10.6 Å². The molecule has 3 nitrogen and oxygen atoms in total. The maximum Gasteiger partial charge on any atom is 0.230 e. The Morgan fingerprint density at radius 2 is 1.63 bits per heavy atom. The number of anilines is 1. The van der Waals surface area contributed by atoms with Gasteiger partial charge in [-0.1, -0.05) is 39.8 Å². The molecule has 1 aromatic rings. The van der Waals surface area contributed by atoms with Crippen molar-refractivity contribution in [3.63, 3.8) is 0 Å². The molecule has 0 heterocycles. The molecule has 0 radical (unpaired) electrons. The predicted octanol–water partition coefficient (Wildman–Crippen LogP) is 2.79. The third-order valence-electron chi connectivity index (χ3n) is 5.16. The molecule has 19 heavy (non-hydrogen) atoms. The van der Waals surface area contributed by atoms with Gasteiger partial charge in [0.2, 0.25) is 5.91 Å². The topological polar surface area (TPSA) is 46.3 Å². The number of rotatable bonds is 3. The SMILES string of the molecule is CN(C(=O)C1C(C)(C)C1(C)C)c1ccc(CN)cc1. The van der Waals surface area contributed by atoms with Gasteiger partial charge in [-0.25, -0.2) is 0 Å². The molecule has 0 spiro atoms. The summed E-state index contributed by atoms with van der Waals surface area (Å²) in [4.78, 5) is 14.4. The fourth-order valence-corrected chi connectivity index (χ4v) is 2.99. The molecule has 1 amide bonds. The van der Waals surface area contributed by atoms with Crippen molar-refractivity contribution >= 4 is 11.6 Å². The Balaban J connectivity index is 2.16. The van der Waals surface area contributed by atoms with Gasteiger partial charge >= 0.3 is 0 Å². The van der Waals surface area contributed by atoms with Gasteiger partial charge in [0.1, 0.15) is 0 Å². The second-order valence-corrected chi connectivity index (χ2v) is 6.64. The predicted molar refractivity (Wildman–Crippen MR) is 78.8 cm³/mol. The lowest BCUT2D eigenvalue weighted by atomic mass is 10.0. The van der Waals surface area contributed by atoms with E-state index in [1.54, 1.807) is 4.90 Å². The van der Waals surface area contributed by atoms with Crippen LogP contribution in [0, 0.1) is 16.7 Å². The van der Waals surface area contributed by atoms with Crippen molar-refractivity contribution < 1.29 is 4.79 Å². The first-order valence-corrected chi connectivity index (χ1v) is 6.80. The highest BCUT2D eigenvalue weighted by Gasteiger charge is 2.68. The van der Waals surface area contributed by atoms with E-state index in [9.17, 15) is 4.79 Å². The van der Waals surface area contributed by atoms with Crippen LogP contribution in [0.5, 0.6) is 0 Å². The monoisotopic (exact) mass is 260 g/mol. The second-order valence-electron chi connectivity index (χ2n) is 6.64. The quantitative estimate of drug-likeness (QED) is 0.908. The molecule has 0 atom stereocenters. The maximum atomic E-state index is 12.6. The van der Waals surface area contributed by atoms with E-state index in [1.165, 1.54) is 0 Å². The number of carbonyl (C=O) groups excluding carboxylic acids is 1. The van der Waals surface area contributed by atoms with Gasteiger partial charge < -0.3 is 10.6 Å². The van der Waals surface area contributed by atoms with Crippen LogP contribution in [-0.2, 0) is 11.3 Å². The molecule has 1 fully saturated rings. The average molecular weight is 260 g/mol. The van der Waals surface area contributed by atoms with E-state index in [4.69, 9.17) is 5.73 Å². The molecule has 3 heteroatoms. The summed E-state index contributed by atoms with van der Waals surface area (Å²) in [5, 5.41) is 0. The fraction of sp³-hybridized carbons (Fsp3) is 0.562. The summed E-state index contributed by atoms with van der Waals surface area (Å²) in [6.07, 6.45) is 0. The molecule has 0 aliphatic heterocycles. The Labute approximate surface area is 115 Å². The molecule has 0 bridgehead atoms. The van der Waals surface area contributed by atoms with Gasteiger partial charge in [-0.2, -0.15) is 0 Å². The van der Waals surface area contributed by atoms with Gasteiger partial charge in [0.25, 0.3) is 0 Å². The van der Waals surface area contributed by atoms with E-state index in [1.807, 2.05) is 31.3 Å². The number of nitrogens with zero attached hydrogens (tertiary/aromatic N) is 1. The third kappa shape index (κ3) is 2.06. The van der Waals surface area contributed by atoms with Crippen LogP contribution in [0.4, 0.5) is 5.69 Å². The number of nitrogens with two attached hydrogens (primary N) is 1. The van der Waals surface area contributed by atoms with Gasteiger partial charge in [-0.3, -0.25) is 4.79 Å². The average Bonchev–Trinajstić information content (AvgIpc) is 2.78. The van der Waals surface area contributed by atoms with E-state index < -0.39 is 0 Å². The molecule has 104 valence electrons. The highest BCUT2D eigenvalue weighted by Crippen LogP contribution is 2.68. The molecule has 1 saturated carbocycles. The molecule has 2 N–H and O–H groups in total. The Hall–Kier alpha value is -1.35. The summed E-state index contributed by atoms with van der Waals surface area (Å²) in [5.41, 5.74) is 7.75. The lowest BCUT2D eigenvalue weighted by molar-refractivity contribution is -0.120. The summed E-state index contributed by atoms with van der Waals surface area (Å²) < 4.78 is 0. The molecular weight excluding hydrogens is 236 g/mol. The van der Waals surface area contributed by atoms with Gasteiger partial charge in [0, 0.05) is 25.2 Å². The molecular formula is C16H24N2O. The molecule has 0 saturated heterocycles. The van der Waals surface area contributed by atoms with Crippen molar-refractivity contribution in [3.05, 3.63) is 29.8 Å². The van der Waals surface area contributed by atoms with Gasteiger partial charge in [-0.05, 0) is 28.5 Å². The van der Waals surface area contributed by atoms with Crippen LogP contribution in [0.3, 0.4) is 0 Å². The summed E-state index contributed by atoms with van der Waals surface area (Å²) in [7, 11) is 1.85. The first-order valence-electron chi connectivity index (χ1n) is 6.80. The lowest BCUT2D eigenvalue weighted by Gasteiger charge is -2.19. The van der Waals surface area contributed by atoms with Crippen molar-refractivity contribution in [1.29, 1.82) is 0 Å². The zero-order valence-electron chi connectivity index (χ0n) is 12.5. The molecule has 0 unspecified atom stereocenters. The van der Waals surface area contributed by atoms with Gasteiger partial charge in [0.05, 0.1) is 0 Å². The zero-order chi connectivity index (χ0) is 14.4. The lowest BCUT2D eigenvalue weighted by Crippen LogP contribution is -2.29. The molecule has 1 aromatic carbocycles. The zero-order valence-corrected chi connectivity index (χ0v) is 12.5. The molecule has 1 aliphatic rings. The molecule has 2 rings (SSSR count). The van der Waals surface area contributed by atoms with E-state index in [-0.39, 0.29) is 22.7 Å². The van der Waals surface area contributed by atoms with Crippen molar-refractivity contribution in [2.45, 2.75) is 34.2 Å². The number of hydrogen-bond donors (Lipinski definition) is 1. The van der Waals surface area contributed by atoms with Gasteiger partial charge in [0.15, 0.2) is 0 Å². The minimum absolute atomic E-state index is 0.0789. The number of carbonyl (C=O) groups is 1. The van der Waals surface area contributed by atoms with E-state index in [2.05, 4.69) is 27.7 Å². The van der Waals surface area contributed by atoms with Crippen molar-refractivity contribution in [2.75, 3.05) is 11.9 Å². The fourth-order valence-electron chi connectivity index (χ4n) is 2.99. The van der Waals surface area contributed by atoms with Crippen LogP contribution in [0.1, 0.15) is 33.3 Å². The summed E-state index contributed by atoms with van der Waals surface area (Å²) in [6.45, 7) is 9.20. The summed E-state index contributed by atoms with van der Waals surface area (Å²) in [6, 6.07) is 7.87. The first-order chi connectivity index (χ1) is 8.73. The van der Waals surface area contributed by atoms with E-state index in [0.29, 0.717) is 6.54 Å². The standard InChI is InChI=1S/C16H24N2O/c1-15(2)13(16(15,3)4)14(19)18(5)12-8-6-11(10-17)7-9-12/h6-9,13H,10,17H2,1-5H3. The van der Waals surface area contributed by atoms with Crippen LogP contribution in [0.25, 0.3) is 0 Å². The van der Waals surface area contributed by atoms with E-state index in [0.717, 1.165) is 11.3 Å². The highest BCUT2D eigenvalue weighted by molar-refractivity contribution is 5.97. The van der Waals surface area contributed by atoms with Crippen LogP contribution >= 0.6 is 0 Å². The van der Waals surface area contributed by atoms with Crippen LogP contribution in [0.2, 0.25) is 0 Å². The molecule has 1 aliphatic carbocycles. The third-order valence-corrected chi connectivity index (χ3v) is 5.16. The largest absolute Gasteiger partial charge is 0.326 e. The normalized spacial score (nSPS) is 20.1. The van der Waals surface area contributed by atoms with E-state index >= 15 is 0 Å². The summed E-state index contributed by atoms with van der Waals surface area (Å²) in [5.74, 6) is 0.301. The minimum Gasteiger partial charge on any atom is -0.326 e. The van der Waals surface area contributed by atoms with Gasteiger partial charge in [-0.15, -0.1) is 0 Å². The Bertz CT molecular complexity index is 474. The molecule has 0 aromatic heterocycles. The number of benzene rings is 1. The Morgan fingerprint density at radius 1 is 1.16 bits per heavy atom. The Morgan fingerprint density at radius 3 is 2.00 bits per heavy atom. The highest BCUT2D eigenvalue weighted by atomic mass is 16.2. The maximum absolute atomic E-state index is 12.6. The van der Waals surface area contributed by atoms with Crippen molar-refractivity contribution in [3.8, 4) is 0 Å². The smallest absolute Gasteiger partial charge is 0.230 e.